The van der Waals surface area contributed by atoms with E-state index in [1.54, 1.807) is 0 Å². The minimum Gasteiger partial charge on any atom is -0.494 e. The molecule has 0 radical (unpaired) electrons. The van der Waals surface area contributed by atoms with Gasteiger partial charge in [0.05, 0.1) is 6.61 Å². The van der Waals surface area contributed by atoms with Crippen LogP contribution in [0.3, 0.4) is 0 Å². The van der Waals surface area contributed by atoms with E-state index < -0.39 is 0 Å². The van der Waals surface area contributed by atoms with Crippen LogP contribution >= 0.6 is 22.6 Å². The minimum absolute atomic E-state index is 0.782. The van der Waals surface area contributed by atoms with Crippen molar-refractivity contribution in [1.82, 2.24) is 0 Å². The van der Waals surface area contributed by atoms with Crippen molar-refractivity contribution in [3.8, 4) is 18.1 Å². The molecule has 0 atom stereocenters. The van der Waals surface area contributed by atoms with Gasteiger partial charge >= 0.3 is 0 Å². The molecule has 16 heavy (non-hydrogen) atoms. The van der Waals surface area contributed by atoms with Gasteiger partial charge in [-0.25, -0.2) is 0 Å². The summed E-state index contributed by atoms with van der Waals surface area (Å²) in [6.07, 6.45) is 10.3. The molecule has 2 heteroatoms. The Morgan fingerprint density at radius 3 is 2.75 bits per heavy atom. The Hall–Kier alpha value is -0.690. The van der Waals surface area contributed by atoms with Gasteiger partial charge in [0, 0.05) is 9.13 Å². The topological polar surface area (TPSA) is 9.23 Å². The highest BCUT2D eigenvalue weighted by Crippen LogP contribution is 2.18. The maximum Gasteiger partial charge on any atom is 0.121 e. The largest absolute Gasteiger partial charge is 0.494 e. The highest BCUT2D eigenvalue weighted by molar-refractivity contribution is 14.1. The molecule has 0 N–H and O–H groups in total. The highest BCUT2D eigenvalue weighted by atomic mass is 127. The van der Waals surface area contributed by atoms with Crippen molar-refractivity contribution in [2.75, 3.05) is 6.61 Å². The molecule has 0 amide bonds. The number of ether oxygens (including phenoxy) is 1. The lowest BCUT2D eigenvalue weighted by molar-refractivity contribution is 0.305. The van der Waals surface area contributed by atoms with Gasteiger partial charge in [-0.3, -0.25) is 0 Å². The van der Waals surface area contributed by atoms with E-state index in [0.29, 0.717) is 0 Å². The van der Waals surface area contributed by atoms with Gasteiger partial charge < -0.3 is 4.74 Å². The van der Waals surface area contributed by atoms with Crippen molar-refractivity contribution in [2.24, 2.45) is 0 Å². The van der Waals surface area contributed by atoms with E-state index in [9.17, 15) is 0 Å². The summed E-state index contributed by atoms with van der Waals surface area (Å²) in [5.41, 5.74) is 0.885. The van der Waals surface area contributed by atoms with Crippen LogP contribution in [-0.2, 0) is 0 Å². The zero-order valence-corrected chi connectivity index (χ0v) is 11.8. The first-order chi connectivity index (χ1) is 7.76. The summed E-state index contributed by atoms with van der Waals surface area (Å²) in [5.74, 6) is 3.52. The molecule has 86 valence electrons. The van der Waals surface area contributed by atoms with Gasteiger partial charge in [0.15, 0.2) is 0 Å². The van der Waals surface area contributed by atoms with Crippen molar-refractivity contribution in [2.45, 2.75) is 32.6 Å². The predicted octanol–water partition coefficient (Wildman–Crippen LogP) is 4.23. The van der Waals surface area contributed by atoms with Crippen molar-refractivity contribution in [1.29, 1.82) is 0 Å². The second kappa shape index (κ2) is 7.56. The van der Waals surface area contributed by atoms with Crippen molar-refractivity contribution in [3.05, 3.63) is 27.3 Å². The third-order valence-corrected chi connectivity index (χ3v) is 2.93. The first kappa shape index (κ1) is 13.4. The lowest BCUT2D eigenvalue weighted by Gasteiger charge is -2.07. The molecule has 0 aromatic heterocycles. The van der Waals surface area contributed by atoms with Crippen molar-refractivity contribution >= 4 is 22.6 Å². The molecule has 0 saturated heterocycles. The van der Waals surface area contributed by atoms with Crippen LogP contribution in [0.2, 0.25) is 0 Å². The summed E-state index contributed by atoms with van der Waals surface area (Å²) >= 11 is 2.25. The first-order valence-electron chi connectivity index (χ1n) is 5.66. The molecule has 0 aliphatic carbocycles. The van der Waals surface area contributed by atoms with E-state index in [0.717, 1.165) is 27.9 Å². The summed E-state index contributed by atoms with van der Waals surface area (Å²) in [6.45, 7) is 2.99. The number of benzene rings is 1. The summed E-state index contributed by atoms with van der Waals surface area (Å²) in [5, 5.41) is 0. The van der Waals surface area contributed by atoms with Gasteiger partial charge in [-0.15, -0.1) is 6.42 Å². The zero-order valence-electron chi connectivity index (χ0n) is 9.63. The number of hydrogen-bond donors (Lipinski definition) is 0. The number of terminal acetylenes is 1. The summed E-state index contributed by atoms with van der Waals surface area (Å²) in [4.78, 5) is 0. The molecular formula is C14H17IO. The Bertz CT molecular complexity index is 365. The molecule has 0 saturated carbocycles. The average molecular weight is 328 g/mol. The fourth-order valence-corrected chi connectivity index (χ4v) is 2.09. The van der Waals surface area contributed by atoms with Gasteiger partial charge in [-0.05, 0) is 47.2 Å². The van der Waals surface area contributed by atoms with Crippen LogP contribution in [0, 0.1) is 15.9 Å². The molecule has 1 nitrogen and oxygen atoms in total. The van der Waals surface area contributed by atoms with E-state index in [2.05, 4.69) is 35.4 Å². The molecule has 1 aromatic carbocycles. The van der Waals surface area contributed by atoms with Crippen molar-refractivity contribution < 1.29 is 4.74 Å². The third kappa shape index (κ3) is 4.89. The van der Waals surface area contributed by atoms with E-state index in [1.807, 2.05) is 18.2 Å². The quantitative estimate of drug-likeness (QED) is 0.431. The first-order valence-corrected chi connectivity index (χ1v) is 6.74. The molecule has 1 rings (SSSR count). The van der Waals surface area contributed by atoms with E-state index >= 15 is 0 Å². The second-order valence-corrected chi connectivity index (χ2v) is 4.97. The molecule has 0 heterocycles. The van der Waals surface area contributed by atoms with Gasteiger partial charge in [-0.1, -0.05) is 32.1 Å². The summed E-state index contributed by atoms with van der Waals surface area (Å²) < 4.78 is 6.80. The normalized spacial score (nSPS) is 9.81. The summed E-state index contributed by atoms with van der Waals surface area (Å²) in [6, 6.07) is 5.91. The second-order valence-electron chi connectivity index (χ2n) is 3.73. The van der Waals surface area contributed by atoms with Crippen LogP contribution in [0.4, 0.5) is 0 Å². The van der Waals surface area contributed by atoms with Gasteiger partial charge in [0.25, 0.3) is 0 Å². The van der Waals surface area contributed by atoms with Gasteiger partial charge in [-0.2, -0.15) is 0 Å². The Labute approximate surface area is 112 Å². The van der Waals surface area contributed by atoms with Crippen LogP contribution in [0.15, 0.2) is 18.2 Å². The van der Waals surface area contributed by atoms with Crippen LogP contribution in [0.5, 0.6) is 5.75 Å². The Morgan fingerprint density at radius 2 is 2.06 bits per heavy atom. The molecule has 0 fully saturated rings. The highest BCUT2D eigenvalue weighted by Gasteiger charge is 1.98. The Kier molecular flexibility index (Phi) is 6.32. The molecule has 1 aromatic rings. The van der Waals surface area contributed by atoms with E-state index in [-0.39, 0.29) is 0 Å². The van der Waals surface area contributed by atoms with Gasteiger partial charge in [0.1, 0.15) is 5.75 Å². The van der Waals surface area contributed by atoms with E-state index in [1.165, 1.54) is 19.3 Å². The maximum absolute atomic E-state index is 5.68. The fourth-order valence-electron chi connectivity index (χ4n) is 1.45. The SMILES string of the molecule is C#Cc1cc(I)cc(OCCCCCC)c1. The summed E-state index contributed by atoms with van der Waals surface area (Å²) in [7, 11) is 0. The van der Waals surface area contributed by atoms with Crippen molar-refractivity contribution in [3.63, 3.8) is 0 Å². The molecule has 0 aliphatic rings. The maximum atomic E-state index is 5.68. The predicted molar refractivity (Wildman–Crippen MR) is 76.7 cm³/mol. The smallest absolute Gasteiger partial charge is 0.121 e. The minimum atomic E-state index is 0.782. The lowest BCUT2D eigenvalue weighted by Crippen LogP contribution is -1.97. The molecule has 0 spiro atoms. The zero-order chi connectivity index (χ0) is 11.8. The number of halogens is 1. The lowest BCUT2D eigenvalue weighted by atomic mass is 10.2. The molecular weight excluding hydrogens is 311 g/mol. The van der Waals surface area contributed by atoms with Crippen LogP contribution in [0.25, 0.3) is 0 Å². The Balaban J connectivity index is 2.42. The van der Waals surface area contributed by atoms with Gasteiger partial charge in [0.2, 0.25) is 0 Å². The molecule has 0 unspecified atom stereocenters. The number of hydrogen-bond acceptors (Lipinski definition) is 1. The fraction of sp³-hybridized carbons (Fsp3) is 0.429. The average Bonchev–Trinajstić information content (AvgIpc) is 2.28. The van der Waals surface area contributed by atoms with Crippen LogP contribution in [-0.4, -0.2) is 6.61 Å². The molecule has 0 aliphatic heterocycles. The Morgan fingerprint density at radius 1 is 1.25 bits per heavy atom. The third-order valence-electron chi connectivity index (χ3n) is 2.30. The van der Waals surface area contributed by atoms with Crippen LogP contribution < -0.4 is 4.74 Å². The number of rotatable bonds is 6. The van der Waals surface area contributed by atoms with E-state index in [4.69, 9.17) is 11.2 Å². The molecule has 0 bridgehead atoms. The standard InChI is InChI=1S/C14H17IO/c1-3-5-6-7-8-16-14-10-12(4-2)9-13(15)11-14/h2,9-11H,3,5-8H2,1H3. The van der Waals surface area contributed by atoms with Crippen LogP contribution in [0.1, 0.15) is 38.2 Å². The monoisotopic (exact) mass is 328 g/mol. The number of unbranched alkanes of at least 4 members (excludes halogenated alkanes) is 3.